The number of rotatable bonds is 9. The van der Waals surface area contributed by atoms with Gasteiger partial charge in [-0.15, -0.1) is 5.10 Å². The fraction of sp³-hybridized carbons (Fsp3) is 0.467. The number of aromatic amines is 1. The lowest BCUT2D eigenvalue weighted by Crippen LogP contribution is -2.33. The van der Waals surface area contributed by atoms with Gasteiger partial charge in [0.05, 0.1) is 17.6 Å². The Labute approximate surface area is 237 Å². The van der Waals surface area contributed by atoms with Crippen molar-refractivity contribution in [2.24, 2.45) is 0 Å². The van der Waals surface area contributed by atoms with E-state index in [0.29, 0.717) is 36.2 Å². The zero-order valence-electron chi connectivity index (χ0n) is 23.2. The van der Waals surface area contributed by atoms with Gasteiger partial charge in [0, 0.05) is 30.1 Å². The number of nitrogens with one attached hydrogen (secondary N) is 1. The summed E-state index contributed by atoms with van der Waals surface area (Å²) >= 11 is 0. The summed E-state index contributed by atoms with van der Waals surface area (Å²) in [5.74, 6) is 3.67. The van der Waals surface area contributed by atoms with Crippen LogP contribution in [0.4, 0.5) is 0 Å². The minimum absolute atomic E-state index is 0.0887. The van der Waals surface area contributed by atoms with Crippen molar-refractivity contribution in [1.82, 2.24) is 30.1 Å². The van der Waals surface area contributed by atoms with E-state index >= 15 is 0 Å². The lowest BCUT2D eigenvalue weighted by atomic mass is 9.95. The van der Waals surface area contributed by atoms with Gasteiger partial charge in [0.2, 0.25) is 13.6 Å². The maximum atomic E-state index is 13.4. The Balaban J connectivity index is 1.27. The lowest BCUT2D eigenvalue weighted by Gasteiger charge is -2.32. The molecule has 1 atom stereocenters. The fourth-order valence-electron chi connectivity index (χ4n) is 6.28. The van der Waals surface area contributed by atoms with Gasteiger partial charge in [-0.25, -0.2) is 4.68 Å². The summed E-state index contributed by atoms with van der Waals surface area (Å²) < 4.78 is 24.4. The second-order valence-corrected chi connectivity index (χ2v) is 11.1. The van der Waals surface area contributed by atoms with E-state index in [1.807, 2.05) is 30.3 Å². The van der Waals surface area contributed by atoms with Crippen molar-refractivity contribution in [2.75, 3.05) is 13.6 Å². The van der Waals surface area contributed by atoms with E-state index in [2.05, 4.69) is 43.1 Å². The molecule has 0 spiro atoms. The number of benzene rings is 2. The Morgan fingerprint density at radius 1 is 0.951 bits per heavy atom. The Kier molecular flexibility index (Phi) is 6.95. The van der Waals surface area contributed by atoms with Gasteiger partial charge in [0.1, 0.15) is 0 Å². The molecular formula is C30H34N6O5. The first-order valence-electron chi connectivity index (χ1n) is 14.5. The second kappa shape index (κ2) is 11.0. The molecule has 1 fully saturated rings. The lowest BCUT2D eigenvalue weighted by molar-refractivity contribution is 0.150. The molecule has 1 N–H and O–H groups in total. The van der Waals surface area contributed by atoms with E-state index in [0.717, 1.165) is 59.5 Å². The molecule has 1 unspecified atom stereocenters. The highest BCUT2D eigenvalue weighted by molar-refractivity contribution is 5.83. The smallest absolute Gasteiger partial charge is 0.252 e. The predicted octanol–water partition coefficient (Wildman–Crippen LogP) is 5.02. The predicted molar refractivity (Wildman–Crippen MR) is 150 cm³/mol. The quantitative estimate of drug-likeness (QED) is 0.302. The summed E-state index contributed by atoms with van der Waals surface area (Å²) in [4.78, 5) is 18.8. The molecule has 41 heavy (non-hydrogen) atoms. The Morgan fingerprint density at radius 3 is 2.51 bits per heavy atom. The van der Waals surface area contributed by atoms with Crippen molar-refractivity contribution in [3.05, 3.63) is 63.7 Å². The molecule has 0 saturated heterocycles. The molecule has 11 heteroatoms. The molecule has 1 saturated carbocycles. The van der Waals surface area contributed by atoms with E-state index in [9.17, 15) is 4.79 Å². The van der Waals surface area contributed by atoms with E-state index in [1.165, 1.54) is 19.3 Å². The molecule has 0 radical (unpaired) electrons. The first kappa shape index (κ1) is 25.8. The van der Waals surface area contributed by atoms with Gasteiger partial charge >= 0.3 is 0 Å². The van der Waals surface area contributed by atoms with E-state index in [-0.39, 0.29) is 25.2 Å². The van der Waals surface area contributed by atoms with Crippen LogP contribution in [0, 0.1) is 0 Å². The van der Waals surface area contributed by atoms with Crippen LogP contribution in [0.3, 0.4) is 0 Å². The maximum Gasteiger partial charge on any atom is 0.252 e. The number of tetrazole rings is 1. The third kappa shape index (κ3) is 5.10. The number of hydrogen-bond acceptors (Lipinski definition) is 9. The summed E-state index contributed by atoms with van der Waals surface area (Å²) in [6.07, 6.45) is 7.59. The highest BCUT2D eigenvalue weighted by Gasteiger charge is 2.30. The second-order valence-electron chi connectivity index (χ2n) is 11.1. The minimum atomic E-state index is -0.130. The Hall–Kier alpha value is -4.12. The van der Waals surface area contributed by atoms with E-state index < -0.39 is 0 Å². The Morgan fingerprint density at radius 2 is 1.71 bits per heavy atom. The summed E-state index contributed by atoms with van der Waals surface area (Å²) in [5, 5.41) is 14.1. The van der Waals surface area contributed by atoms with Gasteiger partial charge in [0.25, 0.3) is 5.56 Å². The molecule has 2 aromatic heterocycles. The fourth-order valence-corrected chi connectivity index (χ4v) is 6.28. The van der Waals surface area contributed by atoms with Crippen LogP contribution < -0.4 is 24.5 Å². The zero-order chi connectivity index (χ0) is 27.8. The average Bonchev–Trinajstić information content (AvgIpc) is 3.76. The van der Waals surface area contributed by atoms with Crippen LogP contribution >= 0.6 is 0 Å². The van der Waals surface area contributed by atoms with Crippen LogP contribution in [0.2, 0.25) is 0 Å². The van der Waals surface area contributed by atoms with Crippen molar-refractivity contribution in [1.29, 1.82) is 0 Å². The van der Waals surface area contributed by atoms with Gasteiger partial charge in [-0.3, -0.25) is 9.69 Å². The van der Waals surface area contributed by atoms with Crippen molar-refractivity contribution in [3.63, 3.8) is 0 Å². The first-order valence-corrected chi connectivity index (χ1v) is 14.5. The van der Waals surface area contributed by atoms with Crippen LogP contribution in [0.1, 0.15) is 80.9 Å². The number of ether oxygens (including phenoxy) is 4. The van der Waals surface area contributed by atoms with Gasteiger partial charge in [-0.1, -0.05) is 38.7 Å². The van der Waals surface area contributed by atoms with Gasteiger partial charge in [0.15, 0.2) is 28.8 Å². The average molecular weight is 559 g/mol. The highest BCUT2D eigenvalue weighted by atomic mass is 16.7. The number of hydrogen-bond donors (Lipinski definition) is 1. The first-order chi connectivity index (χ1) is 20.2. The number of fused-ring (bicyclic) bond motifs is 3. The van der Waals surface area contributed by atoms with Gasteiger partial charge in [-0.05, 0) is 59.5 Å². The molecule has 2 aromatic carbocycles. The molecule has 4 aromatic rings. The third-order valence-electron chi connectivity index (χ3n) is 8.35. The van der Waals surface area contributed by atoms with Crippen LogP contribution in [0.5, 0.6) is 23.0 Å². The molecule has 4 heterocycles. The SMILES string of the molecule is CCCC(c1nnnn1C1CCCCC1)N(Cc1ccc2c(c1)OCO2)Cc1cc2cc3c(cc2[nH]c1=O)OCO3. The molecule has 0 bridgehead atoms. The third-order valence-corrected chi connectivity index (χ3v) is 8.35. The summed E-state index contributed by atoms with van der Waals surface area (Å²) in [5.41, 5.74) is 2.31. The summed E-state index contributed by atoms with van der Waals surface area (Å²) in [6, 6.07) is 11.9. The topological polar surface area (TPSA) is 117 Å². The number of aromatic nitrogens is 5. The molecule has 0 amide bonds. The van der Waals surface area contributed by atoms with E-state index in [1.54, 1.807) is 0 Å². The number of nitrogens with zero attached hydrogens (tertiary/aromatic N) is 5. The normalized spacial score (nSPS) is 17.0. The molecule has 11 nitrogen and oxygen atoms in total. The largest absolute Gasteiger partial charge is 0.454 e. The minimum Gasteiger partial charge on any atom is -0.454 e. The van der Waals surface area contributed by atoms with Gasteiger partial charge in [-0.2, -0.15) is 0 Å². The molecular weight excluding hydrogens is 524 g/mol. The summed E-state index contributed by atoms with van der Waals surface area (Å²) in [6.45, 7) is 3.57. The molecule has 214 valence electrons. The zero-order valence-corrected chi connectivity index (χ0v) is 23.2. The number of H-pyrrole nitrogens is 1. The standard InChI is InChI=1S/C30H34N6O5/c1-2-6-24(29-32-33-34-36(29)22-7-4-3-5-8-22)35(15-19-9-10-25-26(11-19)39-17-38-25)16-21-12-20-13-27-28(41-18-40-27)14-23(20)31-30(21)37/h9-14,22,24H,2-8,15-18H2,1H3,(H,31,37). The van der Waals surface area contributed by atoms with Crippen LogP contribution in [-0.2, 0) is 13.1 Å². The van der Waals surface area contributed by atoms with Crippen LogP contribution in [0.15, 0.2) is 41.2 Å². The number of pyridine rings is 1. The van der Waals surface area contributed by atoms with Crippen molar-refractivity contribution >= 4 is 10.9 Å². The van der Waals surface area contributed by atoms with Gasteiger partial charge < -0.3 is 23.9 Å². The monoisotopic (exact) mass is 558 g/mol. The van der Waals surface area contributed by atoms with Crippen LogP contribution in [-0.4, -0.2) is 43.7 Å². The molecule has 2 aliphatic heterocycles. The molecule has 1 aliphatic carbocycles. The summed E-state index contributed by atoms with van der Waals surface area (Å²) in [7, 11) is 0. The Bertz CT molecular complexity index is 1610. The van der Waals surface area contributed by atoms with E-state index in [4.69, 9.17) is 18.9 Å². The van der Waals surface area contributed by atoms with Crippen molar-refractivity contribution in [3.8, 4) is 23.0 Å². The maximum absolute atomic E-state index is 13.4. The highest BCUT2D eigenvalue weighted by Crippen LogP contribution is 2.37. The molecule has 3 aliphatic rings. The van der Waals surface area contributed by atoms with Crippen molar-refractivity contribution < 1.29 is 18.9 Å². The molecule has 7 rings (SSSR count). The van der Waals surface area contributed by atoms with Crippen molar-refractivity contribution in [2.45, 2.75) is 77.0 Å². The van der Waals surface area contributed by atoms with Crippen LogP contribution in [0.25, 0.3) is 10.9 Å².